The molecule has 1 unspecified atom stereocenters. The molecule has 5 nitrogen and oxygen atoms in total. The second-order valence-electron chi connectivity index (χ2n) is 7.27. The summed E-state index contributed by atoms with van der Waals surface area (Å²) in [6, 6.07) is 15.3. The zero-order chi connectivity index (χ0) is 19.6. The van der Waals surface area contributed by atoms with E-state index < -0.39 is 0 Å². The summed E-state index contributed by atoms with van der Waals surface area (Å²) < 4.78 is 11.3. The Hall–Kier alpha value is -1.38. The maximum Gasteiger partial charge on any atom is 0.191 e. The first kappa shape index (κ1) is 23.9. The van der Waals surface area contributed by atoms with Crippen molar-refractivity contribution in [1.82, 2.24) is 10.6 Å². The van der Waals surface area contributed by atoms with Gasteiger partial charge in [0.05, 0.1) is 12.1 Å². The Morgan fingerprint density at radius 3 is 2.69 bits per heavy atom. The highest BCUT2D eigenvalue weighted by Gasteiger charge is 2.13. The van der Waals surface area contributed by atoms with Gasteiger partial charge in [-0.2, -0.15) is 0 Å². The van der Waals surface area contributed by atoms with E-state index in [-0.39, 0.29) is 30.0 Å². The summed E-state index contributed by atoms with van der Waals surface area (Å²) in [5.41, 5.74) is 1.26. The van der Waals surface area contributed by atoms with Crippen molar-refractivity contribution in [3.63, 3.8) is 0 Å². The molecule has 0 radical (unpaired) electrons. The standard InChI is InChI=1S/C23H33N3O2.HI/c1-3-24-23(25-13-6-14-28-22-11-15-27-16-12-22)26-18(2)20-10-9-19-7-4-5-8-21(19)17-20;/h4-5,7-10,17-18,22H,3,6,11-16H2,1-2H3,(H2,24,25,26);1H. The fourth-order valence-corrected chi connectivity index (χ4v) is 3.43. The number of rotatable bonds is 8. The topological polar surface area (TPSA) is 54.9 Å². The van der Waals surface area contributed by atoms with Crippen LogP contribution in [0.4, 0.5) is 0 Å². The smallest absolute Gasteiger partial charge is 0.191 e. The zero-order valence-electron chi connectivity index (χ0n) is 17.5. The lowest BCUT2D eigenvalue weighted by Crippen LogP contribution is -2.38. The molecule has 29 heavy (non-hydrogen) atoms. The van der Waals surface area contributed by atoms with Gasteiger partial charge in [0.2, 0.25) is 0 Å². The second-order valence-corrected chi connectivity index (χ2v) is 7.27. The van der Waals surface area contributed by atoms with Gasteiger partial charge in [-0.15, -0.1) is 24.0 Å². The molecule has 1 saturated heterocycles. The first-order valence-electron chi connectivity index (χ1n) is 10.5. The van der Waals surface area contributed by atoms with Crippen LogP contribution in [-0.4, -0.2) is 45.0 Å². The van der Waals surface area contributed by atoms with E-state index in [0.717, 1.165) is 58.1 Å². The van der Waals surface area contributed by atoms with Crippen LogP contribution in [0.2, 0.25) is 0 Å². The van der Waals surface area contributed by atoms with Gasteiger partial charge in [0.15, 0.2) is 5.96 Å². The molecule has 0 spiro atoms. The number of fused-ring (bicyclic) bond motifs is 1. The largest absolute Gasteiger partial charge is 0.381 e. The SMILES string of the molecule is CCNC(=NCCCOC1CCOCC1)NC(C)c1ccc2ccccc2c1.I. The molecular weight excluding hydrogens is 477 g/mol. The number of nitrogens with zero attached hydrogens (tertiary/aromatic N) is 1. The van der Waals surface area contributed by atoms with Crippen molar-refractivity contribution in [2.45, 2.75) is 45.3 Å². The number of halogens is 1. The Morgan fingerprint density at radius 1 is 1.17 bits per heavy atom. The van der Waals surface area contributed by atoms with Crippen molar-refractivity contribution in [3.8, 4) is 0 Å². The fraction of sp³-hybridized carbons (Fsp3) is 0.522. The van der Waals surface area contributed by atoms with Crippen molar-refractivity contribution in [1.29, 1.82) is 0 Å². The first-order valence-corrected chi connectivity index (χ1v) is 10.5. The van der Waals surface area contributed by atoms with E-state index in [2.05, 4.69) is 66.9 Å². The van der Waals surface area contributed by atoms with Crippen molar-refractivity contribution in [3.05, 3.63) is 48.0 Å². The second kappa shape index (κ2) is 13.0. The lowest BCUT2D eigenvalue weighted by Gasteiger charge is -2.22. The predicted octanol–water partition coefficient (Wildman–Crippen LogP) is 4.66. The maximum absolute atomic E-state index is 5.93. The third kappa shape index (κ3) is 7.75. The molecule has 2 aromatic rings. The molecule has 2 aromatic carbocycles. The number of nitrogens with one attached hydrogen (secondary N) is 2. The molecule has 0 aliphatic carbocycles. The maximum atomic E-state index is 5.93. The molecule has 1 heterocycles. The molecule has 6 heteroatoms. The molecule has 160 valence electrons. The van der Waals surface area contributed by atoms with Crippen LogP contribution in [0.25, 0.3) is 10.8 Å². The number of hydrogen-bond acceptors (Lipinski definition) is 3. The number of hydrogen-bond donors (Lipinski definition) is 2. The van der Waals surface area contributed by atoms with Gasteiger partial charge in [-0.25, -0.2) is 0 Å². The normalized spacial score (nSPS) is 16.3. The van der Waals surface area contributed by atoms with Crippen molar-refractivity contribution >= 4 is 40.7 Å². The Morgan fingerprint density at radius 2 is 1.93 bits per heavy atom. The lowest BCUT2D eigenvalue weighted by atomic mass is 10.0. The molecule has 0 aromatic heterocycles. The molecule has 0 saturated carbocycles. The van der Waals surface area contributed by atoms with Crippen LogP contribution in [-0.2, 0) is 9.47 Å². The number of benzene rings is 2. The third-order valence-corrected chi connectivity index (χ3v) is 5.07. The average Bonchev–Trinajstić information content (AvgIpc) is 2.74. The van der Waals surface area contributed by atoms with Gasteiger partial charge in [0.1, 0.15) is 0 Å². The Kier molecular flexibility index (Phi) is 10.7. The minimum atomic E-state index is 0. The van der Waals surface area contributed by atoms with Gasteiger partial charge in [-0.3, -0.25) is 4.99 Å². The molecule has 1 atom stereocenters. The van der Waals surface area contributed by atoms with E-state index in [1.165, 1.54) is 16.3 Å². The molecule has 3 rings (SSSR count). The van der Waals surface area contributed by atoms with Crippen LogP contribution in [0, 0.1) is 0 Å². The summed E-state index contributed by atoms with van der Waals surface area (Å²) in [7, 11) is 0. The Bertz CT molecular complexity index is 763. The van der Waals surface area contributed by atoms with Gasteiger partial charge in [0, 0.05) is 32.9 Å². The first-order chi connectivity index (χ1) is 13.8. The van der Waals surface area contributed by atoms with E-state index in [9.17, 15) is 0 Å². The number of aliphatic imine (C=N–C) groups is 1. The molecule has 0 bridgehead atoms. The Balaban J connectivity index is 0.00000300. The van der Waals surface area contributed by atoms with Crippen molar-refractivity contribution in [2.24, 2.45) is 4.99 Å². The van der Waals surface area contributed by atoms with Gasteiger partial charge in [0.25, 0.3) is 0 Å². The van der Waals surface area contributed by atoms with Gasteiger partial charge < -0.3 is 20.1 Å². The van der Waals surface area contributed by atoms with Crippen molar-refractivity contribution < 1.29 is 9.47 Å². The predicted molar refractivity (Wildman–Crippen MR) is 131 cm³/mol. The highest BCUT2D eigenvalue weighted by molar-refractivity contribution is 14.0. The molecule has 1 fully saturated rings. The quantitative estimate of drug-likeness (QED) is 0.234. The highest BCUT2D eigenvalue weighted by Crippen LogP contribution is 2.20. The molecule has 1 aliphatic heterocycles. The summed E-state index contributed by atoms with van der Waals surface area (Å²) in [5.74, 6) is 0.856. The van der Waals surface area contributed by atoms with Crippen LogP contribution >= 0.6 is 24.0 Å². The van der Waals surface area contributed by atoms with Crippen LogP contribution in [0.15, 0.2) is 47.5 Å². The van der Waals surface area contributed by atoms with E-state index >= 15 is 0 Å². The zero-order valence-corrected chi connectivity index (χ0v) is 19.9. The van der Waals surface area contributed by atoms with Crippen molar-refractivity contribution in [2.75, 3.05) is 32.9 Å². The summed E-state index contributed by atoms with van der Waals surface area (Å²) in [4.78, 5) is 4.71. The lowest BCUT2D eigenvalue weighted by molar-refractivity contribution is -0.0318. The van der Waals surface area contributed by atoms with Gasteiger partial charge in [-0.1, -0.05) is 36.4 Å². The summed E-state index contributed by atoms with van der Waals surface area (Å²) in [6.45, 7) is 8.26. The molecule has 0 amide bonds. The van der Waals surface area contributed by atoms with Gasteiger partial charge in [-0.05, 0) is 55.5 Å². The third-order valence-electron chi connectivity index (χ3n) is 5.07. The summed E-state index contributed by atoms with van der Waals surface area (Å²) >= 11 is 0. The van der Waals surface area contributed by atoms with Crippen LogP contribution in [0.1, 0.15) is 44.7 Å². The highest BCUT2D eigenvalue weighted by atomic mass is 127. The number of guanidine groups is 1. The van der Waals surface area contributed by atoms with E-state index in [1.807, 2.05) is 0 Å². The minimum absolute atomic E-state index is 0. The average molecular weight is 511 g/mol. The molecule has 2 N–H and O–H groups in total. The van der Waals surface area contributed by atoms with Gasteiger partial charge >= 0.3 is 0 Å². The summed E-state index contributed by atoms with van der Waals surface area (Å²) in [5, 5.41) is 9.39. The van der Waals surface area contributed by atoms with E-state index in [0.29, 0.717) is 6.10 Å². The molecular formula is C23H34IN3O2. The number of ether oxygens (including phenoxy) is 2. The van der Waals surface area contributed by atoms with Crippen LogP contribution in [0.5, 0.6) is 0 Å². The van der Waals surface area contributed by atoms with E-state index in [4.69, 9.17) is 14.5 Å². The summed E-state index contributed by atoms with van der Waals surface area (Å²) in [6.07, 6.45) is 3.31. The monoisotopic (exact) mass is 511 g/mol. The van der Waals surface area contributed by atoms with Crippen LogP contribution < -0.4 is 10.6 Å². The molecule has 1 aliphatic rings. The Labute approximate surface area is 191 Å². The fourth-order valence-electron chi connectivity index (χ4n) is 3.43. The minimum Gasteiger partial charge on any atom is -0.381 e. The van der Waals surface area contributed by atoms with Crippen LogP contribution in [0.3, 0.4) is 0 Å². The van der Waals surface area contributed by atoms with E-state index in [1.54, 1.807) is 0 Å².